The summed E-state index contributed by atoms with van der Waals surface area (Å²) in [5, 5.41) is 2.79. The number of imide groups is 1. The number of carbonyl (C=O) groups excluding carboxylic acids is 4. The Kier molecular flexibility index (Phi) is 5.22. The average Bonchev–Trinajstić information content (AvgIpc) is 3.32. The summed E-state index contributed by atoms with van der Waals surface area (Å²) < 4.78 is 5.42. The smallest absolute Gasteiger partial charge is 0.255 e. The van der Waals surface area contributed by atoms with Crippen LogP contribution in [0.15, 0.2) is 42.5 Å². The van der Waals surface area contributed by atoms with E-state index in [1.54, 1.807) is 41.3 Å². The molecular formula is C22H21N3O5. The van der Waals surface area contributed by atoms with Crippen LogP contribution in [0.4, 0.5) is 17.1 Å². The van der Waals surface area contributed by atoms with Crippen molar-refractivity contribution in [2.24, 2.45) is 0 Å². The summed E-state index contributed by atoms with van der Waals surface area (Å²) in [6.45, 7) is 0.641. The van der Waals surface area contributed by atoms with Gasteiger partial charge in [-0.3, -0.25) is 24.1 Å². The summed E-state index contributed by atoms with van der Waals surface area (Å²) in [5.41, 5.74) is 1.88. The molecule has 1 N–H and O–H groups in total. The molecule has 154 valence electrons. The van der Waals surface area contributed by atoms with Crippen molar-refractivity contribution in [3.05, 3.63) is 48.0 Å². The van der Waals surface area contributed by atoms with Crippen LogP contribution in [0.5, 0.6) is 5.75 Å². The third-order valence-electron chi connectivity index (χ3n) is 5.22. The Bertz CT molecular complexity index is 1030. The second kappa shape index (κ2) is 7.98. The number of benzene rings is 2. The number of hydrogen-bond donors (Lipinski definition) is 1. The highest BCUT2D eigenvalue weighted by Crippen LogP contribution is 2.34. The Labute approximate surface area is 173 Å². The van der Waals surface area contributed by atoms with E-state index in [-0.39, 0.29) is 36.5 Å². The maximum atomic E-state index is 12.7. The zero-order valence-electron chi connectivity index (χ0n) is 16.5. The van der Waals surface area contributed by atoms with Gasteiger partial charge in [0.1, 0.15) is 5.75 Å². The first-order valence-corrected chi connectivity index (χ1v) is 9.73. The molecule has 2 heterocycles. The number of ether oxygens (including phenoxy) is 1. The first kappa shape index (κ1) is 19.6. The van der Waals surface area contributed by atoms with Gasteiger partial charge >= 0.3 is 0 Å². The molecule has 0 bridgehead atoms. The van der Waals surface area contributed by atoms with Crippen LogP contribution in [-0.2, 0) is 14.4 Å². The first-order chi connectivity index (χ1) is 14.5. The number of anilines is 3. The Morgan fingerprint density at radius 1 is 0.967 bits per heavy atom. The monoisotopic (exact) mass is 407 g/mol. The molecule has 2 aliphatic rings. The lowest BCUT2D eigenvalue weighted by atomic mass is 10.1. The van der Waals surface area contributed by atoms with E-state index in [1.165, 1.54) is 13.2 Å². The molecule has 0 atom stereocenters. The van der Waals surface area contributed by atoms with Crippen LogP contribution in [-0.4, -0.2) is 37.3 Å². The van der Waals surface area contributed by atoms with Gasteiger partial charge in [-0.2, -0.15) is 0 Å². The maximum Gasteiger partial charge on any atom is 0.255 e. The maximum absolute atomic E-state index is 12.7. The molecule has 0 radical (unpaired) electrons. The third kappa shape index (κ3) is 3.63. The van der Waals surface area contributed by atoms with Gasteiger partial charge in [-0.25, -0.2) is 0 Å². The lowest BCUT2D eigenvalue weighted by Crippen LogP contribution is -2.28. The van der Waals surface area contributed by atoms with Crippen LogP contribution in [0.25, 0.3) is 0 Å². The number of nitrogens with zero attached hydrogens (tertiary/aromatic N) is 2. The molecule has 0 aliphatic carbocycles. The Hall–Kier alpha value is -3.68. The number of hydrogen-bond acceptors (Lipinski definition) is 5. The molecule has 2 aromatic carbocycles. The van der Waals surface area contributed by atoms with Gasteiger partial charge in [0.05, 0.1) is 18.5 Å². The first-order valence-electron chi connectivity index (χ1n) is 9.73. The van der Waals surface area contributed by atoms with E-state index in [2.05, 4.69) is 5.32 Å². The van der Waals surface area contributed by atoms with E-state index in [9.17, 15) is 19.2 Å². The van der Waals surface area contributed by atoms with Gasteiger partial charge in [0.15, 0.2) is 0 Å². The van der Waals surface area contributed by atoms with Gasteiger partial charge < -0.3 is 15.0 Å². The van der Waals surface area contributed by atoms with Crippen LogP contribution in [0, 0.1) is 0 Å². The molecule has 0 spiro atoms. The van der Waals surface area contributed by atoms with E-state index in [0.717, 1.165) is 11.3 Å². The van der Waals surface area contributed by atoms with E-state index in [1.807, 2.05) is 0 Å². The quantitative estimate of drug-likeness (QED) is 0.769. The third-order valence-corrected chi connectivity index (χ3v) is 5.22. The molecule has 30 heavy (non-hydrogen) atoms. The minimum absolute atomic E-state index is 0.0490. The van der Waals surface area contributed by atoms with Gasteiger partial charge in [0.2, 0.25) is 17.7 Å². The van der Waals surface area contributed by atoms with Crippen LogP contribution < -0.4 is 19.9 Å². The van der Waals surface area contributed by atoms with Crippen LogP contribution in [0.2, 0.25) is 0 Å². The largest absolute Gasteiger partial charge is 0.494 e. The second-order valence-corrected chi connectivity index (χ2v) is 7.16. The molecule has 4 rings (SSSR count). The zero-order valence-corrected chi connectivity index (χ0v) is 16.5. The summed E-state index contributed by atoms with van der Waals surface area (Å²) in [6, 6.07) is 11.5. The normalized spacial score (nSPS) is 16.4. The van der Waals surface area contributed by atoms with Gasteiger partial charge in [0, 0.05) is 43.1 Å². The van der Waals surface area contributed by atoms with Crippen molar-refractivity contribution >= 4 is 40.7 Å². The van der Waals surface area contributed by atoms with Gasteiger partial charge in [0.25, 0.3) is 5.91 Å². The fourth-order valence-electron chi connectivity index (χ4n) is 3.74. The van der Waals surface area contributed by atoms with Crippen molar-refractivity contribution in [2.45, 2.75) is 25.7 Å². The summed E-state index contributed by atoms with van der Waals surface area (Å²) in [4.78, 5) is 51.5. The van der Waals surface area contributed by atoms with E-state index >= 15 is 0 Å². The Morgan fingerprint density at radius 3 is 2.40 bits per heavy atom. The van der Waals surface area contributed by atoms with Crippen molar-refractivity contribution in [3.63, 3.8) is 0 Å². The highest BCUT2D eigenvalue weighted by molar-refractivity contribution is 6.20. The topological polar surface area (TPSA) is 96.0 Å². The molecule has 2 saturated heterocycles. The Morgan fingerprint density at radius 2 is 1.73 bits per heavy atom. The number of methoxy groups -OCH3 is 1. The molecule has 2 aromatic rings. The standard InChI is InChI=1S/C22H21N3O5/c1-30-18-13-15(7-8-17(18)24-11-3-6-19(24)26)23-22(29)14-4-2-5-16(12-14)25-20(27)9-10-21(25)28/h2,4-5,7-8,12-13H,3,6,9-11H2,1H3,(H,23,29). The Balaban J connectivity index is 1.54. The molecule has 8 heteroatoms. The van der Waals surface area contributed by atoms with Crippen LogP contribution in [0.1, 0.15) is 36.0 Å². The summed E-state index contributed by atoms with van der Waals surface area (Å²) in [6.07, 6.45) is 1.68. The average molecular weight is 407 g/mol. The molecule has 2 aliphatic heterocycles. The van der Waals surface area contributed by atoms with Gasteiger partial charge in [-0.1, -0.05) is 6.07 Å². The second-order valence-electron chi connectivity index (χ2n) is 7.16. The SMILES string of the molecule is COc1cc(NC(=O)c2cccc(N3C(=O)CCC3=O)c2)ccc1N1CCCC1=O. The molecule has 8 nitrogen and oxygen atoms in total. The molecular weight excluding hydrogens is 386 g/mol. The van der Waals surface area contributed by atoms with Crippen LogP contribution in [0.3, 0.4) is 0 Å². The number of nitrogens with one attached hydrogen (secondary N) is 1. The predicted molar refractivity (Wildman–Crippen MR) is 111 cm³/mol. The van der Waals surface area contributed by atoms with E-state index in [4.69, 9.17) is 4.74 Å². The van der Waals surface area contributed by atoms with Crippen LogP contribution >= 0.6 is 0 Å². The molecule has 0 saturated carbocycles. The molecule has 4 amide bonds. The lowest BCUT2D eigenvalue weighted by molar-refractivity contribution is -0.121. The van der Waals surface area contributed by atoms with Crippen molar-refractivity contribution in [1.82, 2.24) is 0 Å². The summed E-state index contributed by atoms with van der Waals surface area (Å²) in [7, 11) is 1.51. The minimum Gasteiger partial charge on any atom is -0.494 e. The van der Waals surface area contributed by atoms with Crippen molar-refractivity contribution in [3.8, 4) is 5.75 Å². The van der Waals surface area contributed by atoms with Crippen molar-refractivity contribution in [1.29, 1.82) is 0 Å². The molecule has 2 fully saturated rings. The summed E-state index contributed by atoms with van der Waals surface area (Å²) >= 11 is 0. The van der Waals surface area contributed by atoms with Crippen molar-refractivity contribution < 1.29 is 23.9 Å². The number of amides is 4. The summed E-state index contributed by atoms with van der Waals surface area (Å²) in [5.74, 6) is -0.385. The predicted octanol–water partition coefficient (Wildman–Crippen LogP) is 2.73. The zero-order chi connectivity index (χ0) is 21.3. The highest BCUT2D eigenvalue weighted by atomic mass is 16.5. The fourth-order valence-corrected chi connectivity index (χ4v) is 3.74. The van der Waals surface area contributed by atoms with Gasteiger partial charge in [-0.15, -0.1) is 0 Å². The number of rotatable bonds is 5. The van der Waals surface area contributed by atoms with Gasteiger partial charge in [-0.05, 0) is 36.8 Å². The fraction of sp³-hybridized carbons (Fsp3) is 0.273. The number of carbonyl (C=O) groups is 4. The molecule has 0 unspecified atom stereocenters. The minimum atomic E-state index is -0.386. The van der Waals surface area contributed by atoms with E-state index in [0.29, 0.717) is 41.3 Å². The highest BCUT2D eigenvalue weighted by Gasteiger charge is 2.30. The van der Waals surface area contributed by atoms with Crippen molar-refractivity contribution in [2.75, 3.05) is 28.8 Å². The lowest BCUT2D eigenvalue weighted by Gasteiger charge is -2.20. The van der Waals surface area contributed by atoms with E-state index < -0.39 is 0 Å². The molecule has 0 aromatic heterocycles.